The first kappa shape index (κ1) is 28.4. The van der Waals surface area contributed by atoms with Gasteiger partial charge in [0.15, 0.2) is 0 Å². The molecule has 0 spiro atoms. The molecule has 1 N–H and O–H groups in total. The number of rotatable bonds is 8. The van der Waals surface area contributed by atoms with Crippen LogP contribution in [0.15, 0.2) is 66.6 Å². The molecule has 0 bridgehead atoms. The van der Waals surface area contributed by atoms with Crippen molar-refractivity contribution in [2.24, 2.45) is 0 Å². The predicted octanol–water partition coefficient (Wildman–Crippen LogP) is 6.17. The van der Waals surface area contributed by atoms with E-state index in [0.717, 1.165) is 50.1 Å². The molecule has 5 aromatic rings. The number of aryl methyl sites for hydroxylation is 1. The molecule has 4 heterocycles. The van der Waals surface area contributed by atoms with Crippen molar-refractivity contribution in [1.82, 2.24) is 19.7 Å². The number of methoxy groups -OCH3 is 1. The number of aliphatic hydroxyl groups excluding tert-OH is 1. The maximum absolute atomic E-state index is 14.6. The molecule has 0 saturated carbocycles. The Balaban J connectivity index is 1.45. The number of thiophene rings is 1. The number of amides is 1. The van der Waals surface area contributed by atoms with Gasteiger partial charge in [0.25, 0.3) is 0 Å². The summed E-state index contributed by atoms with van der Waals surface area (Å²) in [5.74, 6) is -0.140. The summed E-state index contributed by atoms with van der Waals surface area (Å²) >= 11 is 1.57. The maximum atomic E-state index is 14.6. The van der Waals surface area contributed by atoms with Gasteiger partial charge in [-0.2, -0.15) is 5.10 Å². The summed E-state index contributed by atoms with van der Waals surface area (Å²) in [5, 5.41) is 18.6. The number of hydrogen-bond acceptors (Lipinski definition) is 7. The van der Waals surface area contributed by atoms with E-state index in [1.807, 2.05) is 28.3 Å². The number of ether oxygens (including phenoxy) is 2. The van der Waals surface area contributed by atoms with Crippen LogP contribution in [0, 0.1) is 5.82 Å². The predicted molar refractivity (Wildman–Crippen MR) is 168 cm³/mol. The summed E-state index contributed by atoms with van der Waals surface area (Å²) in [5.41, 5.74) is 7.43. The molecular formula is C34H31FN4O4S. The summed E-state index contributed by atoms with van der Waals surface area (Å²) < 4.78 is 28.7. The Bertz CT molecular complexity index is 1920. The van der Waals surface area contributed by atoms with Gasteiger partial charge < -0.3 is 19.5 Å². The van der Waals surface area contributed by atoms with Crippen molar-refractivity contribution >= 4 is 27.3 Å². The molecule has 0 saturated heterocycles. The highest BCUT2D eigenvalue weighted by Crippen LogP contribution is 2.46. The van der Waals surface area contributed by atoms with Crippen LogP contribution in [0.2, 0.25) is 0 Å². The highest BCUT2D eigenvalue weighted by Gasteiger charge is 2.28. The van der Waals surface area contributed by atoms with E-state index in [0.29, 0.717) is 55.4 Å². The van der Waals surface area contributed by atoms with Crippen LogP contribution in [0.1, 0.15) is 29.3 Å². The second-order valence-electron chi connectivity index (χ2n) is 11.0. The number of nitrogens with zero attached hydrogens (tertiary/aromatic N) is 4. The molecule has 0 unspecified atom stereocenters. The molecule has 10 heteroatoms. The van der Waals surface area contributed by atoms with E-state index >= 15 is 0 Å². The van der Waals surface area contributed by atoms with Gasteiger partial charge in [-0.1, -0.05) is 18.7 Å². The minimum absolute atomic E-state index is 0.122. The van der Waals surface area contributed by atoms with Crippen LogP contribution in [0.25, 0.3) is 43.9 Å². The molecule has 7 rings (SSSR count). The third kappa shape index (κ3) is 4.98. The van der Waals surface area contributed by atoms with Gasteiger partial charge in [0.05, 0.1) is 37.2 Å². The van der Waals surface area contributed by atoms with Gasteiger partial charge in [-0.15, -0.1) is 11.3 Å². The lowest BCUT2D eigenvalue weighted by Crippen LogP contribution is -2.37. The molecule has 2 aliphatic rings. The first-order valence-corrected chi connectivity index (χ1v) is 15.5. The summed E-state index contributed by atoms with van der Waals surface area (Å²) in [6.45, 7) is 5.73. The number of halogens is 1. The Morgan fingerprint density at radius 3 is 2.89 bits per heavy atom. The monoisotopic (exact) mass is 610 g/mol. The second kappa shape index (κ2) is 11.6. The Morgan fingerprint density at radius 2 is 2.05 bits per heavy atom. The quantitative estimate of drug-likeness (QED) is 0.167. The Kier molecular flexibility index (Phi) is 7.49. The minimum atomic E-state index is -0.492. The van der Waals surface area contributed by atoms with Crippen molar-refractivity contribution in [3.63, 3.8) is 0 Å². The summed E-state index contributed by atoms with van der Waals surface area (Å²) in [4.78, 5) is 19.4. The van der Waals surface area contributed by atoms with Crippen molar-refractivity contribution in [3.8, 4) is 39.5 Å². The van der Waals surface area contributed by atoms with Crippen molar-refractivity contribution < 1.29 is 23.8 Å². The van der Waals surface area contributed by atoms with E-state index in [1.165, 1.54) is 18.2 Å². The van der Waals surface area contributed by atoms with Crippen LogP contribution in [0.3, 0.4) is 0 Å². The van der Waals surface area contributed by atoms with E-state index in [-0.39, 0.29) is 12.5 Å². The average molecular weight is 611 g/mol. The van der Waals surface area contributed by atoms with Gasteiger partial charge in [0.1, 0.15) is 29.6 Å². The lowest BCUT2D eigenvalue weighted by atomic mass is 9.96. The molecule has 0 fully saturated rings. The average Bonchev–Trinajstić information content (AvgIpc) is 3.78. The molecule has 44 heavy (non-hydrogen) atoms. The third-order valence-corrected chi connectivity index (χ3v) is 9.29. The van der Waals surface area contributed by atoms with Crippen LogP contribution < -0.4 is 4.74 Å². The van der Waals surface area contributed by atoms with E-state index in [9.17, 15) is 14.3 Å². The van der Waals surface area contributed by atoms with Crippen molar-refractivity contribution in [3.05, 3.63) is 89.2 Å². The van der Waals surface area contributed by atoms with Gasteiger partial charge in [-0.25, -0.2) is 9.37 Å². The van der Waals surface area contributed by atoms with Crippen LogP contribution in [-0.4, -0.2) is 57.5 Å². The maximum Gasteiger partial charge on any atom is 0.246 e. The fourth-order valence-electron chi connectivity index (χ4n) is 6.16. The fraction of sp³-hybridized carbons (Fsp3) is 0.265. The normalized spacial score (nSPS) is 15.8. The summed E-state index contributed by atoms with van der Waals surface area (Å²) in [6.07, 6.45) is 2.40. The SMILES string of the molecule is C=CC(=O)N1CCn2nc(-c3nc(-c4ccc5c(c4)[C@@H](O)CC5)c4ccsc4c3-c3ccc(F)cc3OCCOC)cc2C1. The van der Waals surface area contributed by atoms with Gasteiger partial charge in [0.2, 0.25) is 5.91 Å². The minimum Gasteiger partial charge on any atom is -0.490 e. The molecule has 2 aromatic carbocycles. The molecule has 0 radical (unpaired) electrons. The second-order valence-corrected chi connectivity index (χ2v) is 11.9. The number of carbonyl (C=O) groups is 1. The van der Waals surface area contributed by atoms with Crippen LogP contribution in [0.5, 0.6) is 5.75 Å². The number of aliphatic hydroxyl groups is 1. The fourth-order valence-corrected chi connectivity index (χ4v) is 7.12. The topological polar surface area (TPSA) is 89.7 Å². The zero-order valence-corrected chi connectivity index (χ0v) is 25.1. The van der Waals surface area contributed by atoms with E-state index in [2.05, 4.69) is 18.7 Å². The molecular weight excluding hydrogens is 579 g/mol. The van der Waals surface area contributed by atoms with Gasteiger partial charge in [0, 0.05) is 46.5 Å². The van der Waals surface area contributed by atoms with Crippen molar-refractivity contribution in [1.29, 1.82) is 0 Å². The number of pyridine rings is 1. The van der Waals surface area contributed by atoms with E-state index < -0.39 is 11.9 Å². The molecule has 1 aliphatic heterocycles. The number of aromatic nitrogens is 3. The van der Waals surface area contributed by atoms with Gasteiger partial charge in [-0.05, 0) is 65.8 Å². The molecule has 1 atom stereocenters. The molecule has 224 valence electrons. The number of benzene rings is 2. The number of carbonyl (C=O) groups excluding carboxylic acids is 1. The van der Waals surface area contributed by atoms with Crippen LogP contribution >= 0.6 is 11.3 Å². The lowest BCUT2D eigenvalue weighted by Gasteiger charge is -2.26. The zero-order chi connectivity index (χ0) is 30.4. The molecule has 8 nitrogen and oxygen atoms in total. The largest absolute Gasteiger partial charge is 0.490 e. The zero-order valence-electron chi connectivity index (χ0n) is 24.3. The third-order valence-electron chi connectivity index (χ3n) is 8.36. The van der Waals surface area contributed by atoms with Gasteiger partial charge >= 0.3 is 0 Å². The number of fused-ring (bicyclic) bond motifs is 3. The first-order valence-electron chi connectivity index (χ1n) is 14.6. The van der Waals surface area contributed by atoms with E-state index in [4.69, 9.17) is 19.6 Å². The van der Waals surface area contributed by atoms with Crippen molar-refractivity contribution in [2.45, 2.75) is 32.0 Å². The molecule has 1 amide bonds. The lowest BCUT2D eigenvalue weighted by molar-refractivity contribution is -0.127. The summed E-state index contributed by atoms with van der Waals surface area (Å²) in [7, 11) is 1.59. The van der Waals surface area contributed by atoms with Crippen molar-refractivity contribution in [2.75, 3.05) is 26.9 Å². The highest BCUT2D eigenvalue weighted by atomic mass is 32.1. The Hall–Kier alpha value is -4.38. The highest BCUT2D eigenvalue weighted by molar-refractivity contribution is 7.18. The Morgan fingerprint density at radius 1 is 1.16 bits per heavy atom. The van der Waals surface area contributed by atoms with Crippen LogP contribution in [-0.2, 0) is 29.0 Å². The first-order chi connectivity index (χ1) is 21.4. The Labute approximate surface area is 258 Å². The van der Waals surface area contributed by atoms with Gasteiger partial charge in [-0.3, -0.25) is 9.48 Å². The number of hydrogen-bond donors (Lipinski definition) is 1. The summed E-state index contributed by atoms with van der Waals surface area (Å²) in [6, 6.07) is 14.7. The molecule has 1 aliphatic carbocycles. The smallest absolute Gasteiger partial charge is 0.246 e. The van der Waals surface area contributed by atoms with E-state index in [1.54, 1.807) is 29.4 Å². The molecule has 3 aromatic heterocycles. The van der Waals surface area contributed by atoms with Crippen LogP contribution in [0.4, 0.5) is 4.39 Å². The standard InChI is InChI=1S/C34H31FN4O4S/c1-3-30(41)38-11-12-39-23(19-38)18-27(37-39)33-31(24-8-7-22(35)17-29(24)43-14-13-42-2)34-25(10-15-44-34)32(36-33)21-5-4-20-6-9-28(40)26(20)16-21/h3-5,7-8,10,15-18,28,40H,1,6,9,11-14,19H2,2H3/t28-/m0/s1.